The number of fused-ring (bicyclic) bond motifs is 1. The lowest BCUT2D eigenvalue weighted by Crippen LogP contribution is -2.32. The van der Waals surface area contributed by atoms with E-state index in [1.165, 1.54) is 0 Å². The highest BCUT2D eigenvalue weighted by atomic mass is 35.5. The molecule has 128 valence electrons. The van der Waals surface area contributed by atoms with E-state index in [1.54, 1.807) is 29.2 Å². The molecule has 2 aromatic carbocycles. The summed E-state index contributed by atoms with van der Waals surface area (Å²) in [4.78, 5) is 29.6. The largest absolute Gasteiger partial charge is 0.334 e. The van der Waals surface area contributed by atoms with Gasteiger partial charge in [-0.05, 0) is 49.6 Å². The molecule has 0 spiro atoms. The molecule has 1 N–H and O–H groups in total. The Balaban J connectivity index is 1.95. The van der Waals surface area contributed by atoms with Crippen molar-refractivity contribution >= 4 is 28.4 Å². The Labute approximate surface area is 151 Å². The fourth-order valence-electron chi connectivity index (χ4n) is 2.83. The molecule has 0 aliphatic carbocycles. The molecule has 3 rings (SSSR count). The molecule has 5 heteroatoms. The lowest BCUT2D eigenvalue weighted by atomic mass is 10.1. The Bertz CT molecular complexity index is 994. The number of H-pyrrole nitrogens is 1. The van der Waals surface area contributed by atoms with Crippen LogP contribution in [0.4, 0.5) is 0 Å². The number of nitrogens with zero attached hydrogens (tertiary/aromatic N) is 1. The first-order valence-electron chi connectivity index (χ1n) is 8.16. The summed E-state index contributed by atoms with van der Waals surface area (Å²) in [5, 5.41) is 1.37. The van der Waals surface area contributed by atoms with Crippen molar-refractivity contribution in [1.82, 2.24) is 9.88 Å². The molecule has 0 fully saturated rings. The molecule has 0 unspecified atom stereocenters. The van der Waals surface area contributed by atoms with Gasteiger partial charge in [-0.1, -0.05) is 35.4 Å². The minimum absolute atomic E-state index is 0.179. The molecule has 1 amide bonds. The summed E-state index contributed by atoms with van der Waals surface area (Å²) in [6, 6.07) is 14.7. The van der Waals surface area contributed by atoms with Gasteiger partial charge in [0, 0.05) is 17.6 Å². The maximum atomic E-state index is 12.8. The first-order valence-corrected chi connectivity index (χ1v) is 8.53. The van der Waals surface area contributed by atoms with Crippen molar-refractivity contribution in [2.24, 2.45) is 0 Å². The minimum atomic E-state index is -0.183. The van der Waals surface area contributed by atoms with Crippen molar-refractivity contribution < 1.29 is 4.79 Å². The molecule has 0 aliphatic rings. The number of carbonyl (C=O) groups is 1. The molecule has 1 aromatic heterocycles. The van der Waals surface area contributed by atoms with Crippen molar-refractivity contribution in [3.63, 3.8) is 0 Å². The number of hydrogen-bond donors (Lipinski definition) is 1. The maximum Gasteiger partial charge on any atom is 0.255 e. The number of rotatable bonds is 4. The third-order valence-corrected chi connectivity index (χ3v) is 4.54. The smallest absolute Gasteiger partial charge is 0.255 e. The van der Waals surface area contributed by atoms with Crippen molar-refractivity contribution in [2.75, 3.05) is 6.54 Å². The molecule has 1 heterocycles. The number of aromatic nitrogens is 1. The molecular formula is C20H19ClN2O2. The van der Waals surface area contributed by atoms with E-state index in [0.29, 0.717) is 22.7 Å². The van der Waals surface area contributed by atoms with E-state index in [1.807, 2.05) is 38.1 Å². The number of carbonyl (C=O) groups excluding carboxylic acids is 1. The Morgan fingerprint density at radius 3 is 2.64 bits per heavy atom. The van der Waals surface area contributed by atoms with Crippen LogP contribution < -0.4 is 5.56 Å². The van der Waals surface area contributed by atoms with Crippen LogP contribution in [0.1, 0.15) is 28.4 Å². The molecule has 0 atom stereocenters. The average molecular weight is 355 g/mol. The zero-order valence-corrected chi connectivity index (χ0v) is 14.9. The lowest BCUT2D eigenvalue weighted by Gasteiger charge is -2.21. The van der Waals surface area contributed by atoms with Gasteiger partial charge in [0.2, 0.25) is 0 Å². The van der Waals surface area contributed by atoms with Crippen LogP contribution in [0, 0.1) is 6.92 Å². The van der Waals surface area contributed by atoms with Gasteiger partial charge in [0.25, 0.3) is 11.5 Å². The third-order valence-electron chi connectivity index (χ3n) is 4.21. The molecule has 0 radical (unpaired) electrons. The molecule has 3 aromatic rings. The van der Waals surface area contributed by atoms with Crippen molar-refractivity contribution in [3.05, 3.63) is 80.6 Å². The van der Waals surface area contributed by atoms with Gasteiger partial charge < -0.3 is 9.88 Å². The maximum absolute atomic E-state index is 12.8. The van der Waals surface area contributed by atoms with Gasteiger partial charge in [0.05, 0.1) is 17.1 Å². The molecule has 0 saturated carbocycles. The van der Waals surface area contributed by atoms with Crippen molar-refractivity contribution in [3.8, 4) is 0 Å². The highest BCUT2D eigenvalue weighted by Gasteiger charge is 2.18. The number of halogens is 1. The zero-order valence-electron chi connectivity index (χ0n) is 14.2. The summed E-state index contributed by atoms with van der Waals surface area (Å²) in [6.07, 6.45) is 0. The van der Waals surface area contributed by atoms with Gasteiger partial charge in [0.1, 0.15) is 0 Å². The average Bonchev–Trinajstić information content (AvgIpc) is 2.60. The third kappa shape index (κ3) is 3.59. The van der Waals surface area contributed by atoms with Crippen LogP contribution in [0.3, 0.4) is 0 Å². The fraction of sp³-hybridized carbons (Fsp3) is 0.200. The second-order valence-electron chi connectivity index (χ2n) is 6.01. The van der Waals surface area contributed by atoms with E-state index in [4.69, 9.17) is 11.6 Å². The number of nitrogens with one attached hydrogen (secondary N) is 1. The van der Waals surface area contributed by atoms with Crippen molar-refractivity contribution in [2.45, 2.75) is 20.4 Å². The highest BCUT2D eigenvalue weighted by molar-refractivity contribution is 6.33. The van der Waals surface area contributed by atoms with Gasteiger partial charge in [-0.25, -0.2) is 0 Å². The summed E-state index contributed by atoms with van der Waals surface area (Å²) < 4.78 is 0. The molecule has 25 heavy (non-hydrogen) atoms. The predicted octanol–water partition coefficient (Wildman–Crippen LogP) is 4.15. The van der Waals surface area contributed by atoms with Crippen LogP contribution in [0.5, 0.6) is 0 Å². The quantitative estimate of drug-likeness (QED) is 0.765. The Kier molecular flexibility index (Phi) is 4.91. The number of amides is 1. The van der Waals surface area contributed by atoms with Crippen LogP contribution in [-0.2, 0) is 6.54 Å². The van der Waals surface area contributed by atoms with Gasteiger partial charge in [-0.2, -0.15) is 0 Å². The number of benzene rings is 2. The molecular weight excluding hydrogens is 336 g/mol. The SMILES string of the molecule is CCN(Cc1cc2cc(C)ccc2[nH]c1=O)C(=O)c1ccccc1Cl. The van der Waals surface area contributed by atoms with Crippen LogP contribution in [-0.4, -0.2) is 22.3 Å². The van der Waals surface area contributed by atoms with Gasteiger partial charge in [0.15, 0.2) is 0 Å². The van der Waals surface area contributed by atoms with E-state index in [0.717, 1.165) is 16.5 Å². The number of aromatic amines is 1. The normalized spacial score (nSPS) is 10.8. The Hall–Kier alpha value is -2.59. The molecule has 0 saturated heterocycles. The lowest BCUT2D eigenvalue weighted by molar-refractivity contribution is 0.0752. The summed E-state index contributed by atoms with van der Waals surface area (Å²) in [5.74, 6) is -0.183. The summed E-state index contributed by atoms with van der Waals surface area (Å²) in [6.45, 7) is 4.60. The first-order chi connectivity index (χ1) is 12.0. The van der Waals surface area contributed by atoms with E-state index in [9.17, 15) is 9.59 Å². The standard InChI is InChI=1S/C20H19ClN2O2/c1-3-23(20(25)16-6-4-5-7-17(16)21)12-15-11-14-10-13(2)8-9-18(14)22-19(15)24/h4-11H,3,12H2,1-2H3,(H,22,24). The minimum Gasteiger partial charge on any atom is -0.334 e. The van der Waals surface area contributed by atoms with Crippen LogP contribution in [0.2, 0.25) is 5.02 Å². The summed E-state index contributed by atoms with van der Waals surface area (Å²) >= 11 is 6.13. The summed E-state index contributed by atoms with van der Waals surface area (Å²) in [5.41, 5.74) is 2.73. The summed E-state index contributed by atoms with van der Waals surface area (Å²) in [7, 11) is 0. The monoisotopic (exact) mass is 354 g/mol. The topological polar surface area (TPSA) is 53.2 Å². The van der Waals surface area contributed by atoms with Crippen molar-refractivity contribution in [1.29, 1.82) is 0 Å². The molecule has 0 aliphatic heterocycles. The van der Waals surface area contributed by atoms with Crippen LogP contribution in [0.25, 0.3) is 10.9 Å². The van der Waals surface area contributed by atoms with E-state index in [2.05, 4.69) is 4.98 Å². The number of hydrogen-bond acceptors (Lipinski definition) is 2. The fourth-order valence-corrected chi connectivity index (χ4v) is 3.04. The Morgan fingerprint density at radius 1 is 1.16 bits per heavy atom. The highest BCUT2D eigenvalue weighted by Crippen LogP contribution is 2.19. The first kappa shape index (κ1) is 17.2. The number of aryl methyl sites for hydroxylation is 1. The van der Waals surface area contributed by atoms with E-state index >= 15 is 0 Å². The predicted molar refractivity (Wildman–Crippen MR) is 101 cm³/mol. The van der Waals surface area contributed by atoms with Gasteiger partial charge >= 0.3 is 0 Å². The Morgan fingerprint density at radius 2 is 1.92 bits per heavy atom. The van der Waals surface area contributed by atoms with E-state index < -0.39 is 0 Å². The molecule has 4 nitrogen and oxygen atoms in total. The zero-order chi connectivity index (χ0) is 18.0. The molecule has 0 bridgehead atoms. The van der Waals surface area contributed by atoms with Gasteiger partial charge in [-0.15, -0.1) is 0 Å². The van der Waals surface area contributed by atoms with Crippen LogP contribution >= 0.6 is 11.6 Å². The number of pyridine rings is 1. The second kappa shape index (κ2) is 7.11. The van der Waals surface area contributed by atoms with Crippen LogP contribution in [0.15, 0.2) is 53.3 Å². The van der Waals surface area contributed by atoms with E-state index in [-0.39, 0.29) is 18.0 Å². The second-order valence-corrected chi connectivity index (χ2v) is 6.42. The van der Waals surface area contributed by atoms with Gasteiger partial charge in [-0.3, -0.25) is 9.59 Å².